The van der Waals surface area contributed by atoms with E-state index in [1.807, 2.05) is 18.2 Å². The van der Waals surface area contributed by atoms with E-state index in [0.717, 1.165) is 36.9 Å². The fourth-order valence-corrected chi connectivity index (χ4v) is 6.40. The van der Waals surface area contributed by atoms with Crippen LogP contribution in [0.4, 0.5) is 11.4 Å². The maximum absolute atomic E-state index is 11.7. The van der Waals surface area contributed by atoms with E-state index in [9.17, 15) is 10.1 Å². The molecule has 4 nitrogen and oxygen atoms in total. The van der Waals surface area contributed by atoms with Gasteiger partial charge in [-0.2, -0.15) is 0 Å². The first-order valence-corrected chi connectivity index (χ1v) is 15.2. The van der Waals surface area contributed by atoms with Crippen LogP contribution in [-0.4, -0.2) is 4.92 Å². The van der Waals surface area contributed by atoms with Gasteiger partial charge in [0, 0.05) is 23.2 Å². The van der Waals surface area contributed by atoms with Gasteiger partial charge in [-0.1, -0.05) is 123 Å². The van der Waals surface area contributed by atoms with Crippen molar-refractivity contribution in [1.82, 2.24) is 0 Å². The fourth-order valence-electron chi connectivity index (χ4n) is 6.40. The molecule has 0 aliphatic heterocycles. The average molecular weight is 507 g/mol. The van der Waals surface area contributed by atoms with E-state index in [1.165, 1.54) is 107 Å². The lowest BCUT2D eigenvalue weighted by atomic mass is 9.70. The minimum absolute atomic E-state index is 0.170. The second-order valence-corrected chi connectivity index (χ2v) is 11.3. The zero-order valence-corrected chi connectivity index (χ0v) is 23.5. The highest BCUT2D eigenvalue weighted by molar-refractivity contribution is 5.83. The second-order valence-electron chi connectivity index (χ2n) is 11.3. The summed E-state index contributed by atoms with van der Waals surface area (Å²) in [6.45, 7) is 4.53. The second kappa shape index (κ2) is 15.1. The number of nitro benzene ring substituents is 1. The third-order valence-corrected chi connectivity index (χ3v) is 8.49. The summed E-state index contributed by atoms with van der Waals surface area (Å²) in [6.07, 6.45) is 22.7. The Balaban J connectivity index is 1.78. The normalized spacial score (nSPS) is 13.5. The Morgan fingerprint density at radius 3 is 1.57 bits per heavy atom. The smallest absolute Gasteiger partial charge is 0.269 e. The molecule has 0 unspecified atom stereocenters. The highest BCUT2D eigenvalue weighted by atomic mass is 16.6. The van der Waals surface area contributed by atoms with E-state index in [0.29, 0.717) is 0 Å². The number of nitrogen functional groups attached to an aromatic ring is 1. The summed E-state index contributed by atoms with van der Waals surface area (Å²) in [4.78, 5) is 11.5. The molecule has 0 bridgehead atoms. The zero-order chi connectivity index (χ0) is 26.5. The minimum atomic E-state index is -0.241. The van der Waals surface area contributed by atoms with Gasteiger partial charge in [0.05, 0.1) is 4.92 Å². The first kappa shape index (κ1) is 29.2. The summed E-state index contributed by atoms with van der Waals surface area (Å²) in [5.74, 6) is 0. The van der Waals surface area contributed by atoms with Gasteiger partial charge in [0.15, 0.2) is 0 Å². The Kier molecular flexibility index (Phi) is 12.0. The molecule has 3 rings (SSSR count). The Bertz CT molecular complexity index is 964. The van der Waals surface area contributed by atoms with Gasteiger partial charge in [-0.3, -0.25) is 10.1 Å². The van der Waals surface area contributed by atoms with E-state index in [4.69, 9.17) is 5.73 Å². The van der Waals surface area contributed by atoms with Crippen molar-refractivity contribution in [2.75, 3.05) is 5.73 Å². The molecule has 2 N–H and O–H groups in total. The number of non-ortho nitro benzene ring substituents is 1. The van der Waals surface area contributed by atoms with Crippen molar-refractivity contribution in [1.29, 1.82) is 0 Å². The van der Waals surface area contributed by atoms with Crippen molar-refractivity contribution in [2.24, 2.45) is 0 Å². The summed E-state index contributed by atoms with van der Waals surface area (Å²) in [5, 5.41) is 11.7. The van der Waals surface area contributed by atoms with Gasteiger partial charge < -0.3 is 5.73 Å². The van der Waals surface area contributed by atoms with Crippen LogP contribution in [0.5, 0.6) is 0 Å². The molecule has 0 saturated heterocycles. The van der Waals surface area contributed by atoms with Gasteiger partial charge in [0.25, 0.3) is 5.69 Å². The Hall–Kier alpha value is -2.36. The maximum atomic E-state index is 11.7. The van der Waals surface area contributed by atoms with Gasteiger partial charge in [-0.05, 0) is 53.3 Å². The van der Waals surface area contributed by atoms with Gasteiger partial charge in [-0.15, -0.1) is 0 Å². The molecule has 0 saturated carbocycles. The van der Waals surface area contributed by atoms with E-state index in [2.05, 4.69) is 26.0 Å². The minimum Gasteiger partial charge on any atom is -0.399 e. The zero-order valence-electron chi connectivity index (χ0n) is 23.5. The molecule has 2 aromatic rings. The van der Waals surface area contributed by atoms with Gasteiger partial charge in [-0.25, -0.2) is 0 Å². The number of hydrogen-bond donors (Lipinski definition) is 1. The average Bonchev–Trinajstić information content (AvgIpc) is 3.15. The monoisotopic (exact) mass is 506 g/mol. The summed E-state index contributed by atoms with van der Waals surface area (Å²) in [7, 11) is 0. The van der Waals surface area contributed by atoms with Crippen LogP contribution in [0.2, 0.25) is 0 Å². The summed E-state index contributed by atoms with van der Waals surface area (Å²) in [6, 6.07) is 11.8. The van der Waals surface area contributed by atoms with Crippen molar-refractivity contribution >= 4 is 11.4 Å². The van der Waals surface area contributed by atoms with Gasteiger partial charge in [0.1, 0.15) is 0 Å². The largest absolute Gasteiger partial charge is 0.399 e. The molecule has 0 spiro atoms. The molecule has 2 aromatic carbocycles. The van der Waals surface area contributed by atoms with Crippen LogP contribution in [0.1, 0.15) is 141 Å². The number of hydrogen-bond acceptors (Lipinski definition) is 3. The molecule has 4 heteroatoms. The first-order chi connectivity index (χ1) is 18.0. The lowest BCUT2D eigenvalue weighted by molar-refractivity contribution is -0.384. The summed E-state index contributed by atoms with van der Waals surface area (Å²) >= 11 is 0. The summed E-state index contributed by atoms with van der Waals surface area (Å²) < 4.78 is 0. The molecular weight excluding hydrogens is 456 g/mol. The summed E-state index contributed by atoms with van der Waals surface area (Å²) in [5.41, 5.74) is 12.0. The van der Waals surface area contributed by atoms with E-state index >= 15 is 0 Å². The van der Waals surface area contributed by atoms with Crippen molar-refractivity contribution in [3.8, 4) is 11.1 Å². The van der Waals surface area contributed by atoms with Crippen LogP contribution in [0.15, 0.2) is 36.4 Å². The van der Waals surface area contributed by atoms with Crippen LogP contribution >= 0.6 is 0 Å². The Morgan fingerprint density at radius 2 is 1.08 bits per heavy atom. The van der Waals surface area contributed by atoms with Crippen molar-refractivity contribution < 1.29 is 4.92 Å². The lowest BCUT2D eigenvalue weighted by Crippen LogP contribution is -2.26. The molecule has 1 aliphatic rings. The molecule has 0 fully saturated rings. The predicted molar refractivity (Wildman–Crippen MR) is 158 cm³/mol. The fraction of sp³-hybridized carbons (Fsp3) is 0.636. The number of fused-ring (bicyclic) bond motifs is 3. The third-order valence-electron chi connectivity index (χ3n) is 8.49. The molecule has 37 heavy (non-hydrogen) atoms. The molecule has 1 aliphatic carbocycles. The van der Waals surface area contributed by atoms with Gasteiger partial charge >= 0.3 is 0 Å². The molecule has 204 valence electrons. The van der Waals surface area contributed by atoms with Crippen LogP contribution in [0.3, 0.4) is 0 Å². The molecule has 0 atom stereocenters. The number of nitro groups is 1. The third kappa shape index (κ3) is 7.82. The standard InChI is InChI=1S/C33H50N2O2/c1-3-5-7-9-11-13-15-17-23-33(24-18-16-14-12-10-8-6-4-2)31-25-27(34)19-21-29(31)30-22-20-28(35(36)37)26-32(30)33/h19-22,25-26H,3-18,23-24,34H2,1-2H3. The van der Waals surface area contributed by atoms with Crippen LogP contribution in [-0.2, 0) is 5.41 Å². The maximum Gasteiger partial charge on any atom is 0.269 e. The predicted octanol–water partition coefficient (Wildman–Crippen LogP) is 10.5. The number of nitrogens with two attached hydrogens (primary N) is 1. The van der Waals surface area contributed by atoms with E-state index in [1.54, 1.807) is 6.07 Å². The molecular formula is C33H50N2O2. The highest BCUT2D eigenvalue weighted by Gasteiger charge is 2.43. The number of benzene rings is 2. The first-order valence-electron chi connectivity index (χ1n) is 15.2. The van der Waals surface area contributed by atoms with Crippen LogP contribution in [0, 0.1) is 10.1 Å². The number of nitrogens with zero attached hydrogens (tertiary/aromatic N) is 1. The Labute approximate surface area is 225 Å². The van der Waals surface area contributed by atoms with E-state index in [-0.39, 0.29) is 16.0 Å². The SMILES string of the molecule is CCCCCCCCCCC1(CCCCCCCCCC)c2cc(N)ccc2-c2ccc([N+](=O)[O-])cc21. The molecule has 0 heterocycles. The highest BCUT2D eigenvalue weighted by Crippen LogP contribution is 2.55. The van der Waals surface area contributed by atoms with Crippen LogP contribution in [0.25, 0.3) is 11.1 Å². The van der Waals surface area contributed by atoms with Crippen molar-refractivity contribution in [3.63, 3.8) is 0 Å². The van der Waals surface area contributed by atoms with Gasteiger partial charge in [0.2, 0.25) is 0 Å². The number of anilines is 1. The van der Waals surface area contributed by atoms with Crippen molar-refractivity contribution in [3.05, 3.63) is 57.6 Å². The molecule has 0 aromatic heterocycles. The quantitative estimate of drug-likeness (QED) is 0.0891. The van der Waals surface area contributed by atoms with Crippen LogP contribution < -0.4 is 5.73 Å². The Morgan fingerprint density at radius 1 is 0.649 bits per heavy atom. The molecule has 0 radical (unpaired) electrons. The van der Waals surface area contributed by atoms with Crippen molar-refractivity contribution in [2.45, 2.75) is 135 Å². The van der Waals surface area contributed by atoms with E-state index < -0.39 is 0 Å². The number of unbranched alkanes of at least 4 members (excludes halogenated alkanes) is 14. The lowest BCUT2D eigenvalue weighted by Gasteiger charge is -2.33. The topological polar surface area (TPSA) is 69.2 Å². The number of rotatable bonds is 19. The molecule has 0 amide bonds.